The van der Waals surface area contributed by atoms with Crippen molar-refractivity contribution < 1.29 is 14.7 Å². The highest BCUT2D eigenvalue weighted by molar-refractivity contribution is 5.81. The molecule has 5 nitrogen and oxygen atoms in total. The van der Waals surface area contributed by atoms with E-state index < -0.39 is 11.9 Å². The number of nitrogens with one attached hydrogen (secondary N) is 2. The molecule has 2 atom stereocenters. The molecule has 0 fully saturated rings. The second-order valence-electron chi connectivity index (χ2n) is 4.03. The van der Waals surface area contributed by atoms with Crippen LogP contribution in [0.4, 0.5) is 0 Å². The predicted molar refractivity (Wildman–Crippen MR) is 57.5 cm³/mol. The van der Waals surface area contributed by atoms with Gasteiger partial charge in [-0.25, -0.2) is 0 Å². The molecule has 88 valence electrons. The number of rotatable bonds is 6. The van der Waals surface area contributed by atoms with Gasteiger partial charge in [0.25, 0.3) is 0 Å². The second kappa shape index (κ2) is 6.40. The molecule has 0 aromatic rings. The van der Waals surface area contributed by atoms with E-state index in [1.165, 1.54) is 0 Å². The Kier molecular flexibility index (Phi) is 5.93. The van der Waals surface area contributed by atoms with Gasteiger partial charge in [0.1, 0.15) is 0 Å². The zero-order chi connectivity index (χ0) is 12.0. The monoisotopic (exact) mass is 216 g/mol. The number of carboxylic acids is 1. The minimum atomic E-state index is -0.862. The molecule has 3 N–H and O–H groups in total. The standard InChI is InChI=1S/C10H20N2O3/c1-6(2)12-9(13)8(4)11-5-7(3)10(14)15/h6-8,11H,5H2,1-4H3,(H,12,13)(H,14,15). The third-order valence-electron chi connectivity index (χ3n) is 1.98. The summed E-state index contributed by atoms with van der Waals surface area (Å²) in [6.45, 7) is 7.37. The van der Waals surface area contributed by atoms with Gasteiger partial charge < -0.3 is 15.7 Å². The van der Waals surface area contributed by atoms with Crippen LogP contribution in [0.2, 0.25) is 0 Å². The van der Waals surface area contributed by atoms with E-state index in [2.05, 4.69) is 10.6 Å². The number of hydrogen-bond acceptors (Lipinski definition) is 3. The molecule has 0 aliphatic rings. The fraction of sp³-hybridized carbons (Fsp3) is 0.800. The number of carbonyl (C=O) groups is 2. The lowest BCUT2D eigenvalue weighted by molar-refractivity contribution is -0.141. The van der Waals surface area contributed by atoms with Crippen molar-refractivity contribution in [1.29, 1.82) is 0 Å². The molecule has 0 aliphatic heterocycles. The van der Waals surface area contributed by atoms with Crippen LogP contribution in [0.25, 0.3) is 0 Å². The average Bonchev–Trinajstić information content (AvgIpc) is 2.12. The summed E-state index contributed by atoms with van der Waals surface area (Å²) < 4.78 is 0. The van der Waals surface area contributed by atoms with Crippen LogP contribution in [0.3, 0.4) is 0 Å². The lowest BCUT2D eigenvalue weighted by Crippen LogP contribution is -2.46. The van der Waals surface area contributed by atoms with Crippen molar-refractivity contribution in [2.45, 2.75) is 39.8 Å². The highest BCUT2D eigenvalue weighted by atomic mass is 16.4. The SMILES string of the molecule is CC(C)NC(=O)C(C)NCC(C)C(=O)O. The summed E-state index contributed by atoms with van der Waals surface area (Å²) in [6.07, 6.45) is 0. The van der Waals surface area contributed by atoms with E-state index in [0.29, 0.717) is 6.54 Å². The molecule has 2 unspecified atom stereocenters. The molecular weight excluding hydrogens is 196 g/mol. The second-order valence-corrected chi connectivity index (χ2v) is 4.03. The van der Waals surface area contributed by atoms with Crippen LogP contribution in [0, 0.1) is 5.92 Å². The van der Waals surface area contributed by atoms with Gasteiger partial charge in [-0.2, -0.15) is 0 Å². The van der Waals surface area contributed by atoms with Crippen LogP contribution in [0.1, 0.15) is 27.7 Å². The van der Waals surface area contributed by atoms with Crippen LogP contribution in [-0.2, 0) is 9.59 Å². The van der Waals surface area contributed by atoms with Crippen LogP contribution >= 0.6 is 0 Å². The Morgan fingerprint density at radius 3 is 2.13 bits per heavy atom. The van der Waals surface area contributed by atoms with Gasteiger partial charge in [0.05, 0.1) is 12.0 Å². The maximum atomic E-state index is 11.4. The summed E-state index contributed by atoms with van der Waals surface area (Å²) in [5.74, 6) is -1.46. The van der Waals surface area contributed by atoms with Gasteiger partial charge in [-0.1, -0.05) is 6.92 Å². The molecule has 0 aliphatic carbocycles. The van der Waals surface area contributed by atoms with Crippen molar-refractivity contribution in [3.63, 3.8) is 0 Å². The Morgan fingerprint density at radius 1 is 1.20 bits per heavy atom. The first-order valence-corrected chi connectivity index (χ1v) is 5.11. The summed E-state index contributed by atoms with van der Waals surface area (Å²) in [4.78, 5) is 21.9. The predicted octanol–water partition coefficient (Wildman–Crippen LogP) is 0.210. The van der Waals surface area contributed by atoms with Gasteiger partial charge in [-0.15, -0.1) is 0 Å². The first-order valence-electron chi connectivity index (χ1n) is 5.11. The summed E-state index contributed by atoms with van der Waals surface area (Å²) in [5, 5.41) is 14.3. The Bertz CT molecular complexity index is 229. The van der Waals surface area contributed by atoms with E-state index in [1.54, 1.807) is 13.8 Å². The van der Waals surface area contributed by atoms with Gasteiger partial charge in [-0.3, -0.25) is 9.59 Å². The molecule has 0 heterocycles. The summed E-state index contributed by atoms with van der Waals surface area (Å²) >= 11 is 0. The van der Waals surface area contributed by atoms with Crippen LogP contribution in [-0.4, -0.2) is 35.6 Å². The van der Waals surface area contributed by atoms with Gasteiger partial charge in [0.15, 0.2) is 0 Å². The number of amides is 1. The Morgan fingerprint density at radius 2 is 1.73 bits per heavy atom. The quantitative estimate of drug-likeness (QED) is 0.593. The molecule has 5 heteroatoms. The molecule has 0 saturated carbocycles. The highest BCUT2D eigenvalue weighted by Crippen LogP contribution is 1.93. The minimum Gasteiger partial charge on any atom is -0.481 e. The maximum absolute atomic E-state index is 11.4. The minimum absolute atomic E-state index is 0.0960. The van der Waals surface area contributed by atoms with Gasteiger partial charge in [-0.05, 0) is 20.8 Å². The lowest BCUT2D eigenvalue weighted by Gasteiger charge is -2.17. The topological polar surface area (TPSA) is 78.4 Å². The zero-order valence-corrected chi connectivity index (χ0v) is 9.70. The van der Waals surface area contributed by atoms with Crippen LogP contribution < -0.4 is 10.6 Å². The van der Waals surface area contributed by atoms with E-state index in [9.17, 15) is 9.59 Å². The van der Waals surface area contributed by atoms with Gasteiger partial charge in [0.2, 0.25) is 5.91 Å². The van der Waals surface area contributed by atoms with Crippen molar-refractivity contribution in [3.8, 4) is 0 Å². The number of aliphatic carboxylic acids is 1. The highest BCUT2D eigenvalue weighted by Gasteiger charge is 2.16. The fourth-order valence-electron chi connectivity index (χ4n) is 0.943. The van der Waals surface area contributed by atoms with E-state index in [1.807, 2.05) is 13.8 Å². The molecule has 0 saturated heterocycles. The molecule has 15 heavy (non-hydrogen) atoms. The maximum Gasteiger partial charge on any atom is 0.307 e. The first-order chi connectivity index (χ1) is 6.84. The Hall–Kier alpha value is -1.10. The molecular formula is C10H20N2O3. The van der Waals surface area contributed by atoms with Crippen molar-refractivity contribution >= 4 is 11.9 Å². The third-order valence-corrected chi connectivity index (χ3v) is 1.98. The van der Waals surface area contributed by atoms with Crippen molar-refractivity contribution in [1.82, 2.24) is 10.6 Å². The molecule has 1 amide bonds. The fourth-order valence-corrected chi connectivity index (χ4v) is 0.943. The van der Waals surface area contributed by atoms with Crippen molar-refractivity contribution in [2.75, 3.05) is 6.54 Å². The van der Waals surface area contributed by atoms with Crippen molar-refractivity contribution in [3.05, 3.63) is 0 Å². The van der Waals surface area contributed by atoms with Crippen molar-refractivity contribution in [2.24, 2.45) is 5.92 Å². The van der Waals surface area contributed by atoms with E-state index >= 15 is 0 Å². The lowest BCUT2D eigenvalue weighted by atomic mass is 10.1. The van der Waals surface area contributed by atoms with Gasteiger partial charge in [0, 0.05) is 12.6 Å². The third kappa shape index (κ3) is 6.06. The van der Waals surface area contributed by atoms with Gasteiger partial charge >= 0.3 is 5.97 Å². The van der Waals surface area contributed by atoms with E-state index in [4.69, 9.17) is 5.11 Å². The molecule has 0 radical (unpaired) electrons. The van der Waals surface area contributed by atoms with Crippen LogP contribution in [0.15, 0.2) is 0 Å². The Balaban J connectivity index is 3.87. The molecule has 0 bridgehead atoms. The summed E-state index contributed by atoms with van der Waals surface area (Å²) in [7, 11) is 0. The average molecular weight is 216 g/mol. The van der Waals surface area contributed by atoms with E-state index in [0.717, 1.165) is 0 Å². The molecule has 0 spiro atoms. The first kappa shape index (κ1) is 13.9. The summed E-state index contributed by atoms with van der Waals surface area (Å²) in [6, 6.07) is -0.271. The molecule has 0 rings (SSSR count). The normalized spacial score (nSPS) is 14.7. The smallest absolute Gasteiger partial charge is 0.307 e. The molecule has 0 aromatic heterocycles. The number of carbonyl (C=O) groups excluding carboxylic acids is 1. The Labute approximate surface area is 90.2 Å². The van der Waals surface area contributed by atoms with Crippen LogP contribution in [0.5, 0.6) is 0 Å². The number of carboxylic acid groups (broad SMARTS) is 1. The molecule has 0 aromatic carbocycles. The summed E-state index contributed by atoms with van der Waals surface area (Å²) in [5.41, 5.74) is 0. The zero-order valence-electron chi connectivity index (χ0n) is 9.70. The van der Waals surface area contributed by atoms with E-state index in [-0.39, 0.29) is 18.0 Å². The number of hydrogen-bond donors (Lipinski definition) is 3. The largest absolute Gasteiger partial charge is 0.481 e.